The zero-order chi connectivity index (χ0) is 17.8. The van der Waals surface area contributed by atoms with Gasteiger partial charge in [-0.25, -0.2) is 4.68 Å². The van der Waals surface area contributed by atoms with Crippen LogP contribution in [0, 0.1) is 5.92 Å². The van der Waals surface area contributed by atoms with Crippen molar-refractivity contribution in [3.05, 3.63) is 40.7 Å². The van der Waals surface area contributed by atoms with Gasteiger partial charge in [-0.3, -0.25) is 4.79 Å². The average molecular weight is 362 g/mol. The fraction of sp³-hybridized carbons (Fsp3) is 0.500. The van der Waals surface area contributed by atoms with E-state index in [1.807, 2.05) is 43.1 Å². The smallest absolute Gasteiger partial charge is 0.276 e. The molecule has 1 amide bonds. The number of carbonyl (C=O) groups is 1. The predicted octanol–water partition coefficient (Wildman–Crippen LogP) is 2.55. The summed E-state index contributed by atoms with van der Waals surface area (Å²) in [6.07, 6.45) is 2.73. The van der Waals surface area contributed by atoms with Crippen LogP contribution in [0.15, 0.2) is 24.3 Å². The Bertz CT molecular complexity index is 737. The van der Waals surface area contributed by atoms with Gasteiger partial charge >= 0.3 is 0 Å². The number of benzene rings is 1. The highest BCUT2D eigenvalue weighted by molar-refractivity contribution is 6.30. The lowest BCUT2D eigenvalue weighted by Gasteiger charge is -2.31. The first-order valence-corrected chi connectivity index (χ1v) is 9.16. The lowest BCUT2D eigenvalue weighted by Crippen LogP contribution is -2.40. The van der Waals surface area contributed by atoms with Gasteiger partial charge in [-0.2, -0.15) is 0 Å². The van der Waals surface area contributed by atoms with Gasteiger partial charge in [-0.05, 0) is 57.0 Å². The van der Waals surface area contributed by atoms with E-state index in [9.17, 15) is 4.79 Å². The SMILES string of the molecule is CCc1c(C(=O)N2CCC(CNC)CC2)nnn1-c1cccc(Cl)c1. The molecule has 0 saturated carbocycles. The van der Waals surface area contributed by atoms with Crippen LogP contribution in [0.1, 0.15) is 35.9 Å². The standard InChI is InChI=1S/C18H24ClN5O/c1-3-16-17(18(25)23-9-7-13(8-10-23)12-20-2)21-22-24(16)15-6-4-5-14(19)11-15/h4-6,11,13,20H,3,7-10,12H2,1-2H3. The van der Waals surface area contributed by atoms with E-state index in [4.69, 9.17) is 11.6 Å². The van der Waals surface area contributed by atoms with E-state index in [0.717, 1.165) is 43.9 Å². The molecule has 0 atom stereocenters. The molecule has 6 nitrogen and oxygen atoms in total. The Labute approximate surface area is 153 Å². The van der Waals surface area contributed by atoms with Gasteiger partial charge in [0.1, 0.15) is 0 Å². The molecule has 1 aliphatic heterocycles. The van der Waals surface area contributed by atoms with Gasteiger partial charge in [0.2, 0.25) is 0 Å². The molecule has 0 spiro atoms. The van der Waals surface area contributed by atoms with E-state index in [-0.39, 0.29) is 5.91 Å². The van der Waals surface area contributed by atoms with E-state index in [0.29, 0.717) is 23.1 Å². The second kappa shape index (κ2) is 7.97. The number of hydrogen-bond donors (Lipinski definition) is 1. The topological polar surface area (TPSA) is 63.1 Å². The van der Waals surface area contributed by atoms with E-state index >= 15 is 0 Å². The van der Waals surface area contributed by atoms with Crippen LogP contribution in [0.25, 0.3) is 5.69 Å². The number of piperidine rings is 1. The summed E-state index contributed by atoms with van der Waals surface area (Å²) >= 11 is 6.08. The lowest BCUT2D eigenvalue weighted by atomic mass is 9.96. The molecule has 134 valence electrons. The fourth-order valence-electron chi connectivity index (χ4n) is 3.38. The number of amides is 1. The molecule has 1 fully saturated rings. The Hall–Kier alpha value is -1.92. The summed E-state index contributed by atoms with van der Waals surface area (Å²) in [5.74, 6) is 0.620. The third-order valence-corrected chi connectivity index (χ3v) is 4.98. The number of halogens is 1. The first kappa shape index (κ1) is 17.9. The molecule has 7 heteroatoms. The number of rotatable bonds is 5. The van der Waals surface area contributed by atoms with Crippen LogP contribution in [0.2, 0.25) is 5.02 Å². The summed E-state index contributed by atoms with van der Waals surface area (Å²) in [6.45, 7) is 4.57. The molecule has 1 N–H and O–H groups in total. The van der Waals surface area contributed by atoms with Crippen molar-refractivity contribution in [1.82, 2.24) is 25.2 Å². The van der Waals surface area contributed by atoms with Gasteiger partial charge in [-0.15, -0.1) is 5.10 Å². The molecule has 3 rings (SSSR count). The Kier molecular flexibility index (Phi) is 5.71. The van der Waals surface area contributed by atoms with Crippen molar-refractivity contribution >= 4 is 17.5 Å². The molecular formula is C18H24ClN5O. The van der Waals surface area contributed by atoms with Gasteiger partial charge in [-0.1, -0.05) is 29.8 Å². The minimum Gasteiger partial charge on any atom is -0.337 e. The van der Waals surface area contributed by atoms with Crippen LogP contribution >= 0.6 is 11.6 Å². The number of likely N-dealkylation sites (tertiary alicyclic amines) is 1. The van der Waals surface area contributed by atoms with Crippen molar-refractivity contribution in [1.29, 1.82) is 0 Å². The summed E-state index contributed by atoms with van der Waals surface area (Å²) in [5, 5.41) is 12.3. The van der Waals surface area contributed by atoms with Crippen LogP contribution in [0.4, 0.5) is 0 Å². The van der Waals surface area contributed by atoms with Gasteiger partial charge < -0.3 is 10.2 Å². The van der Waals surface area contributed by atoms with Crippen molar-refractivity contribution in [2.75, 3.05) is 26.7 Å². The lowest BCUT2D eigenvalue weighted by molar-refractivity contribution is 0.0683. The zero-order valence-corrected chi connectivity index (χ0v) is 15.5. The fourth-order valence-corrected chi connectivity index (χ4v) is 3.56. The van der Waals surface area contributed by atoms with Crippen LogP contribution in [0.5, 0.6) is 0 Å². The molecule has 0 unspecified atom stereocenters. The van der Waals surface area contributed by atoms with E-state index in [1.165, 1.54) is 0 Å². The molecule has 2 aromatic rings. The Morgan fingerprint density at radius 3 is 2.76 bits per heavy atom. The highest BCUT2D eigenvalue weighted by atomic mass is 35.5. The monoisotopic (exact) mass is 361 g/mol. The molecule has 0 bridgehead atoms. The van der Waals surface area contributed by atoms with Gasteiger partial charge in [0.15, 0.2) is 5.69 Å². The molecule has 1 aliphatic rings. The van der Waals surface area contributed by atoms with E-state index < -0.39 is 0 Å². The molecule has 1 aromatic carbocycles. The summed E-state index contributed by atoms with van der Waals surface area (Å²) in [4.78, 5) is 14.8. The minimum absolute atomic E-state index is 0.0203. The molecule has 0 aliphatic carbocycles. The minimum atomic E-state index is -0.0203. The van der Waals surface area contributed by atoms with E-state index in [1.54, 1.807) is 4.68 Å². The second-order valence-electron chi connectivity index (χ2n) is 6.42. The maximum Gasteiger partial charge on any atom is 0.276 e. The molecule has 1 aromatic heterocycles. The molecular weight excluding hydrogens is 338 g/mol. The van der Waals surface area contributed by atoms with Crippen LogP contribution in [-0.2, 0) is 6.42 Å². The average Bonchev–Trinajstić information content (AvgIpc) is 3.06. The number of hydrogen-bond acceptors (Lipinski definition) is 4. The second-order valence-corrected chi connectivity index (χ2v) is 6.86. The first-order valence-electron chi connectivity index (χ1n) is 8.78. The number of nitrogens with one attached hydrogen (secondary N) is 1. The van der Waals surface area contributed by atoms with Crippen molar-refractivity contribution in [3.8, 4) is 5.69 Å². The molecule has 25 heavy (non-hydrogen) atoms. The normalized spacial score (nSPS) is 15.6. The molecule has 0 radical (unpaired) electrons. The summed E-state index contributed by atoms with van der Waals surface area (Å²) in [5.41, 5.74) is 2.10. The number of carbonyl (C=O) groups excluding carboxylic acids is 1. The zero-order valence-electron chi connectivity index (χ0n) is 14.7. The summed E-state index contributed by atoms with van der Waals surface area (Å²) in [7, 11) is 1.97. The van der Waals surface area contributed by atoms with Crippen LogP contribution in [0.3, 0.4) is 0 Å². The highest BCUT2D eigenvalue weighted by Gasteiger charge is 2.27. The summed E-state index contributed by atoms with van der Waals surface area (Å²) < 4.78 is 1.72. The molecule has 1 saturated heterocycles. The predicted molar refractivity (Wildman–Crippen MR) is 98.3 cm³/mol. The van der Waals surface area contributed by atoms with Gasteiger partial charge in [0.05, 0.1) is 11.4 Å². The third kappa shape index (κ3) is 3.85. The molecule has 2 heterocycles. The Balaban J connectivity index is 1.80. The summed E-state index contributed by atoms with van der Waals surface area (Å²) in [6, 6.07) is 7.42. The maximum absolute atomic E-state index is 12.9. The Morgan fingerprint density at radius 1 is 1.36 bits per heavy atom. The van der Waals surface area contributed by atoms with Crippen molar-refractivity contribution in [3.63, 3.8) is 0 Å². The van der Waals surface area contributed by atoms with Crippen LogP contribution < -0.4 is 5.32 Å². The van der Waals surface area contributed by atoms with Crippen molar-refractivity contribution < 1.29 is 4.79 Å². The maximum atomic E-state index is 12.9. The number of nitrogens with zero attached hydrogens (tertiary/aromatic N) is 4. The quantitative estimate of drug-likeness (QED) is 0.889. The van der Waals surface area contributed by atoms with Crippen molar-refractivity contribution in [2.45, 2.75) is 26.2 Å². The van der Waals surface area contributed by atoms with Gasteiger partial charge in [0, 0.05) is 18.1 Å². The largest absolute Gasteiger partial charge is 0.337 e. The number of aromatic nitrogens is 3. The third-order valence-electron chi connectivity index (χ3n) is 4.75. The van der Waals surface area contributed by atoms with Crippen LogP contribution in [-0.4, -0.2) is 52.5 Å². The van der Waals surface area contributed by atoms with Crippen molar-refractivity contribution in [2.24, 2.45) is 5.92 Å². The first-order chi connectivity index (χ1) is 12.1. The Morgan fingerprint density at radius 2 is 2.12 bits per heavy atom. The van der Waals surface area contributed by atoms with E-state index in [2.05, 4.69) is 15.6 Å². The van der Waals surface area contributed by atoms with Gasteiger partial charge in [0.25, 0.3) is 5.91 Å². The highest BCUT2D eigenvalue weighted by Crippen LogP contribution is 2.21.